The number of hydrogen-bond acceptors (Lipinski definition) is 4. The lowest BCUT2D eigenvalue weighted by molar-refractivity contribution is -0.192. The van der Waals surface area contributed by atoms with E-state index in [2.05, 4.69) is 27.9 Å². The molecule has 2 rings (SSSR count). The first-order valence-electron chi connectivity index (χ1n) is 7.79. The largest absolute Gasteiger partial charge is 0.490 e. The summed E-state index contributed by atoms with van der Waals surface area (Å²) in [5.74, 6) is -2.86. The summed E-state index contributed by atoms with van der Waals surface area (Å²) < 4.78 is 38.4. The van der Waals surface area contributed by atoms with Crippen molar-refractivity contribution >= 4 is 34.5 Å². The van der Waals surface area contributed by atoms with Gasteiger partial charge in [-0.3, -0.25) is 4.79 Å². The average molecular weight is 488 g/mol. The van der Waals surface area contributed by atoms with Crippen molar-refractivity contribution in [2.45, 2.75) is 37.6 Å². The van der Waals surface area contributed by atoms with Gasteiger partial charge in [0.25, 0.3) is 0 Å². The molecule has 26 heavy (non-hydrogen) atoms. The molecule has 1 aromatic carbocycles. The van der Waals surface area contributed by atoms with Gasteiger partial charge in [-0.2, -0.15) is 13.2 Å². The van der Waals surface area contributed by atoms with Crippen molar-refractivity contribution in [3.63, 3.8) is 0 Å². The molecule has 4 N–H and O–H groups in total. The maximum absolute atomic E-state index is 11.9. The Bertz CT molecular complexity index is 607. The summed E-state index contributed by atoms with van der Waals surface area (Å²) in [6.45, 7) is 1.37. The van der Waals surface area contributed by atoms with Crippen molar-refractivity contribution in [1.29, 1.82) is 0 Å². The van der Waals surface area contributed by atoms with E-state index in [1.165, 1.54) is 0 Å². The normalized spacial score (nSPS) is 17.8. The minimum Gasteiger partial charge on any atom is -0.475 e. The molecule has 0 radical (unpaired) electrons. The Balaban J connectivity index is 0.000000412. The van der Waals surface area contributed by atoms with E-state index in [9.17, 15) is 18.0 Å². The van der Waals surface area contributed by atoms with E-state index in [0.29, 0.717) is 13.0 Å². The predicted octanol–water partition coefficient (Wildman–Crippen LogP) is 2.09. The molecular weight excluding hydrogens is 468 g/mol. The smallest absolute Gasteiger partial charge is 0.475 e. The molecule has 146 valence electrons. The lowest BCUT2D eigenvalue weighted by Gasteiger charge is -2.15. The van der Waals surface area contributed by atoms with Gasteiger partial charge in [-0.25, -0.2) is 4.79 Å². The Morgan fingerprint density at radius 2 is 2.08 bits per heavy atom. The molecule has 2 atom stereocenters. The third-order valence-corrected chi connectivity index (χ3v) is 4.12. The van der Waals surface area contributed by atoms with Gasteiger partial charge >= 0.3 is 12.1 Å². The topological polar surface area (TPSA) is 102 Å². The molecule has 1 saturated heterocycles. The van der Waals surface area contributed by atoms with E-state index < -0.39 is 18.2 Å². The molecule has 1 aliphatic heterocycles. The van der Waals surface area contributed by atoms with E-state index in [-0.39, 0.29) is 12.0 Å². The van der Waals surface area contributed by atoms with Crippen LogP contribution in [-0.2, 0) is 20.7 Å². The molecular formula is C16H20F3IN2O4. The maximum Gasteiger partial charge on any atom is 0.490 e. The van der Waals surface area contributed by atoms with Crippen molar-refractivity contribution in [2.24, 2.45) is 5.73 Å². The summed E-state index contributed by atoms with van der Waals surface area (Å²) >= 11 is 2.25. The van der Waals surface area contributed by atoms with Crippen LogP contribution in [0.5, 0.6) is 0 Å². The predicted molar refractivity (Wildman–Crippen MR) is 96.5 cm³/mol. The van der Waals surface area contributed by atoms with Gasteiger partial charge in [0.05, 0.1) is 12.1 Å². The molecule has 10 heteroatoms. The first-order valence-corrected chi connectivity index (χ1v) is 8.87. The second-order valence-electron chi connectivity index (χ2n) is 5.62. The number of nitrogens with two attached hydrogens (primary N) is 1. The van der Waals surface area contributed by atoms with Crippen LogP contribution in [0.1, 0.15) is 18.4 Å². The van der Waals surface area contributed by atoms with Crippen LogP contribution in [0.25, 0.3) is 0 Å². The highest BCUT2D eigenvalue weighted by molar-refractivity contribution is 14.1. The number of carboxylic acids is 1. The van der Waals surface area contributed by atoms with Crippen molar-refractivity contribution in [3.8, 4) is 0 Å². The van der Waals surface area contributed by atoms with Crippen molar-refractivity contribution in [1.82, 2.24) is 5.32 Å². The van der Waals surface area contributed by atoms with Crippen LogP contribution < -0.4 is 11.1 Å². The van der Waals surface area contributed by atoms with Gasteiger partial charge < -0.3 is 20.9 Å². The zero-order chi connectivity index (χ0) is 19.7. The summed E-state index contributed by atoms with van der Waals surface area (Å²) in [6.07, 6.45) is -2.26. The first kappa shape index (κ1) is 22.6. The molecule has 1 amide bonds. The lowest BCUT2D eigenvalue weighted by Crippen LogP contribution is -2.44. The monoisotopic (exact) mass is 488 g/mol. The number of carbonyl (C=O) groups is 2. The minimum absolute atomic E-state index is 0.102. The Morgan fingerprint density at radius 1 is 1.42 bits per heavy atom. The second-order valence-corrected chi connectivity index (χ2v) is 6.87. The fourth-order valence-electron chi connectivity index (χ4n) is 2.16. The van der Waals surface area contributed by atoms with Crippen molar-refractivity contribution in [2.75, 3.05) is 13.2 Å². The number of aliphatic carboxylic acids is 1. The molecule has 1 aliphatic rings. The Morgan fingerprint density at radius 3 is 2.58 bits per heavy atom. The summed E-state index contributed by atoms with van der Waals surface area (Å²) in [4.78, 5) is 20.8. The number of ether oxygens (including phenoxy) is 1. The molecule has 0 saturated carbocycles. The molecule has 0 spiro atoms. The van der Waals surface area contributed by atoms with Crippen LogP contribution >= 0.6 is 22.6 Å². The molecule has 0 bridgehead atoms. The van der Waals surface area contributed by atoms with Gasteiger partial charge in [0.15, 0.2) is 0 Å². The third kappa shape index (κ3) is 8.81. The Hall–Kier alpha value is -1.40. The van der Waals surface area contributed by atoms with E-state index >= 15 is 0 Å². The number of hydrogen-bond donors (Lipinski definition) is 3. The Kier molecular flexibility index (Phi) is 9.30. The van der Waals surface area contributed by atoms with Crippen LogP contribution in [0, 0.1) is 3.57 Å². The molecule has 1 fully saturated rings. The van der Waals surface area contributed by atoms with Crippen LogP contribution in [0.15, 0.2) is 24.3 Å². The zero-order valence-corrected chi connectivity index (χ0v) is 15.9. The number of alkyl halides is 3. The highest BCUT2D eigenvalue weighted by Gasteiger charge is 2.38. The summed E-state index contributed by atoms with van der Waals surface area (Å²) in [5.41, 5.74) is 7.02. The van der Waals surface area contributed by atoms with Crippen molar-refractivity contribution in [3.05, 3.63) is 33.4 Å². The number of carbonyl (C=O) groups excluding carboxylic acids is 1. The first-order chi connectivity index (χ1) is 12.1. The quantitative estimate of drug-likeness (QED) is 0.552. The SMILES string of the molecule is NC(Cc1cccc(I)c1)C(=O)NCC1CCCO1.O=C(O)C(F)(F)F. The molecule has 0 aliphatic carbocycles. The average Bonchev–Trinajstić information content (AvgIpc) is 3.05. The fourth-order valence-corrected chi connectivity index (χ4v) is 2.77. The number of rotatable bonds is 5. The molecule has 1 heterocycles. The zero-order valence-electron chi connectivity index (χ0n) is 13.8. The summed E-state index contributed by atoms with van der Waals surface area (Å²) in [7, 11) is 0. The minimum atomic E-state index is -5.08. The fraction of sp³-hybridized carbons (Fsp3) is 0.500. The van der Waals surface area contributed by atoms with Crippen molar-refractivity contribution < 1.29 is 32.6 Å². The van der Waals surface area contributed by atoms with E-state index in [1.54, 1.807) is 0 Å². The van der Waals surface area contributed by atoms with Crippen LogP contribution in [-0.4, -0.2) is 48.5 Å². The van der Waals surface area contributed by atoms with Gasteiger partial charge in [0.2, 0.25) is 5.91 Å². The number of benzene rings is 1. The summed E-state index contributed by atoms with van der Waals surface area (Å²) in [5, 5.41) is 9.99. The number of amides is 1. The van der Waals surface area contributed by atoms with Crippen LogP contribution in [0.2, 0.25) is 0 Å². The Labute approximate surface area is 162 Å². The van der Waals surface area contributed by atoms with E-state index in [4.69, 9.17) is 20.4 Å². The van der Waals surface area contributed by atoms with Gasteiger partial charge in [-0.1, -0.05) is 12.1 Å². The van der Waals surface area contributed by atoms with Crippen LogP contribution in [0.3, 0.4) is 0 Å². The summed E-state index contributed by atoms with van der Waals surface area (Å²) in [6, 6.07) is 7.55. The number of nitrogens with one attached hydrogen (secondary N) is 1. The van der Waals surface area contributed by atoms with Gasteiger partial charge in [-0.15, -0.1) is 0 Å². The number of carboxylic acid groups (broad SMARTS) is 1. The van der Waals surface area contributed by atoms with Gasteiger partial charge in [0.1, 0.15) is 0 Å². The second kappa shape index (κ2) is 10.7. The third-order valence-electron chi connectivity index (χ3n) is 3.45. The number of halogens is 4. The lowest BCUT2D eigenvalue weighted by atomic mass is 10.1. The molecule has 1 aromatic rings. The van der Waals surface area contributed by atoms with Gasteiger partial charge in [-0.05, 0) is 59.5 Å². The standard InChI is InChI=1S/C14H19IN2O2.C2HF3O2/c15-11-4-1-3-10(7-11)8-13(16)14(18)17-9-12-5-2-6-19-12;3-2(4,5)1(6)7/h1,3-4,7,12-13H,2,5-6,8-9,16H2,(H,17,18);(H,6,7). The molecule has 2 unspecified atom stereocenters. The highest BCUT2D eigenvalue weighted by Crippen LogP contribution is 2.13. The maximum atomic E-state index is 11.9. The molecule has 6 nitrogen and oxygen atoms in total. The van der Waals surface area contributed by atoms with Gasteiger partial charge in [0, 0.05) is 16.7 Å². The molecule has 0 aromatic heterocycles. The van der Waals surface area contributed by atoms with E-state index in [1.807, 2.05) is 24.3 Å². The van der Waals surface area contributed by atoms with Crippen LogP contribution in [0.4, 0.5) is 13.2 Å². The highest BCUT2D eigenvalue weighted by atomic mass is 127. The van der Waals surface area contributed by atoms with E-state index in [0.717, 1.165) is 28.6 Å².